The second kappa shape index (κ2) is 4.43. The summed E-state index contributed by atoms with van der Waals surface area (Å²) in [6.45, 7) is 8.11. The number of anilines is 1. The molecule has 1 aromatic rings. The highest BCUT2D eigenvalue weighted by Gasteiger charge is 2.44. The quantitative estimate of drug-likeness (QED) is 0.838. The molecule has 2 atom stereocenters. The maximum absolute atomic E-state index is 6.29. The molecule has 2 fully saturated rings. The Bertz CT molecular complexity index is 444. The van der Waals surface area contributed by atoms with Crippen LogP contribution in [0.1, 0.15) is 20.3 Å². The van der Waals surface area contributed by atoms with E-state index in [1.807, 2.05) is 12.1 Å². The van der Waals surface area contributed by atoms with Gasteiger partial charge in [0.05, 0.1) is 10.7 Å². The molecule has 0 aliphatic carbocycles. The summed E-state index contributed by atoms with van der Waals surface area (Å²) in [5, 5.41) is 4.55. The van der Waals surface area contributed by atoms with E-state index in [1.165, 1.54) is 12.1 Å². The molecule has 2 unspecified atom stereocenters. The highest BCUT2D eigenvalue weighted by molar-refractivity contribution is 6.33. The van der Waals surface area contributed by atoms with Crippen molar-refractivity contribution in [3.05, 3.63) is 29.3 Å². The van der Waals surface area contributed by atoms with Gasteiger partial charge < -0.3 is 10.2 Å². The van der Waals surface area contributed by atoms with Crippen molar-refractivity contribution >= 4 is 17.3 Å². The zero-order valence-corrected chi connectivity index (χ0v) is 11.9. The van der Waals surface area contributed by atoms with Crippen molar-refractivity contribution in [3.8, 4) is 0 Å². The van der Waals surface area contributed by atoms with E-state index in [-0.39, 0.29) is 0 Å². The Balaban J connectivity index is 1.78. The SMILES string of the molecule is CC1(C)CNC2CN(c3ccccc3Cl)CCC21. The third-order valence-electron chi connectivity index (χ3n) is 4.63. The molecule has 0 aromatic heterocycles. The standard InChI is InChI=1S/C15H21ClN2/c1-15(2)10-17-13-9-18(8-7-11(13)15)14-6-4-3-5-12(14)16/h3-6,11,13,17H,7-10H2,1-2H3. The van der Waals surface area contributed by atoms with Gasteiger partial charge in [0.2, 0.25) is 0 Å². The average Bonchev–Trinajstić information content (AvgIpc) is 2.66. The molecule has 1 N–H and O–H groups in total. The molecule has 98 valence electrons. The molecule has 2 saturated heterocycles. The molecule has 1 aromatic carbocycles. The Kier molecular flexibility index (Phi) is 3.03. The lowest BCUT2D eigenvalue weighted by Crippen LogP contribution is -2.47. The molecule has 2 aliphatic heterocycles. The largest absolute Gasteiger partial charge is 0.369 e. The molecule has 0 saturated carbocycles. The summed E-state index contributed by atoms with van der Waals surface area (Å²) in [7, 11) is 0. The van der Waals surface area contributed by atoms with Crippen LogP contribution in [0.15, 0.2) is 24.3 Å². The highest BCUT2D eigenvalue weighted by atomic mass is 35.5. The zero-order chi connectivity index (χ0) is 12.8. The molecule has 2 nitrogen and oxygen atoms in total. The second-order valence-corrected chi connectivity index (χ2v) is 6.68. The first-order valence-electron chi connectivity index (χ1n) is 6.81. The van der Waals surface area contributed by atoms with Crippen LogP contribution in [0.2, 0.25) is 5.02 Å². The fourth-order valence-corrected chi connectivity index (χ4v) is 3.80. The minimum atomic E-state index is 0.442. The molecule has 3 rings (SSSR count). The predicted molar refractivity (Wildman–Crippen MR) is 77.3 cm³/mol. The normalized spacial score (nSPS) is 30.3. The number of rotatable bonds is 1. The lowest BCUT2D eigenvalue weighted by Gasteiger charge is -2.40. The van der Waals surface area contributed by atoms with Crippen LogP contribution < -0.4 is 10.2 Å². The van der Waals surface area contributed by atoms with Crippen molar-refractivity contribution in [1.29, 1.82) is 0 Å². The van der Waals surface area contributed by atoms with Gasteiger partial charge in [-0.2, -0.15) is 0 Å². The Hall–Kier alpha value is -0.730. The summed E-state index contributed by atoms with van der Waals surface area (Å²) in [5.74, 6) is 0.802. The number of benzene rings is 1. The topological polar surface area (TPSA) is 15.3 Å². The van der Waals surface area contributed by atoms with Crippen molar-refractivity contribution < 1.29 is 0 Å². The van der Waals surface area contributed by atoms with Crippen molar-refractivity contribution in [2.24, 2.45) is 11.3 Å². The second-order valence-electron chi connectivity index (χ2n) is 6.27. The van der Waals surface area contributed by atoms with E-state index in [0.717, 1.165) is 30.6 Å². The number of hydrogen-bond donors (Lipinski definition) is 1. The molecule has 0 radical (unpaired) electrons. The van der Waals surface area contributed by atoms with Gasteiger partial charge in [0.25, 0.3) is 0 Å². The number of piperidine rings is 1. The zero-order valence-electron chi connectivity index (χ0n) is 11.1. The molecule has 0 amide bonds. The molecule has 3 heteroatoms. The summed E-state index contributed by atoms with van der Waals surface area (Å²) in [4.78, 5) is 2.43. The maximum atomic E-state index is 6.29. The van der Waals surface area contributed by atoms with Gasteiger partial charge in [-0.1, -0.05) is 37.6 Å². The van der Waals surface area contributed by atoms with Gasteiger partial charge in [0.15, 0.2) is 0 Å². The third-order valence-corrected chi connectivity index (χ3v) is 4.95. The Labute approximate surface area is 114 Å². The summed E-state index contributed by atoms with van der Waals surface area (Å²) in [6, 6.07) is 8.79. The van der Waals surface area contributed by atoms with Crippen LogP contribution in [0, 0.1) is 11.3 Å². The van der Waals surface area contributed by atoms with Crippen molar-refractivity contribution in [2.75, 3.05) is 24.5 Å². The van der Waals surface area contributed by atoms with Crippen LogP contribution in [0.25, 0.3) is 0 Å². The van der Waals surface area contributed by atoms with Crippen LogP contribution in [-0.4, -0.2) is 25.7 Å². The number of nitrogens with one attached hydrogen (secondary N) is 1. The van der Waals surface area contributed by atoms with E-state index >= 15 is 0 Å². The Morgan fingerprint density at radius 2 is 2.11 bits per heavy atom. The van der Waals surface area contributed by atoms with Crippen LogP contribution in [0.5, 0.6) is 0 Å². The molecule has 2 heterocycles. The maximum Gasteiger partial charge on any atom is 0.0639 e. The van der Waals surface area contributed by atoms with E-state index in [2.05, 4.69) is 36.2 Å². The number of halogens is 1. The van der Waals surface area contributed by atoms with Gasteiger partial charge in [-0.05, 0) is 29.9 Å². The average molecular weight is 265 g/mol. The van der Waals surface area contributed by atoms with Crippen LogP contribution in [0.3, 0.4) is 0 Å². The van der Waals surface area contributed by atoms with Gasteiger partial charge in [0, 0.05) is 25.7 Å². The third kappa shape index (κ3) is 2.02. The molecule has 18 heavy (non-hydrogen) atoms. The van der Waals surface area contributed by atoms with Crippen molar-refractivity contribution in [3.63, 3.8) is 0 Å². The van der Waals surface area contributed by atoms with Gasteiger partial charge in [-0.3, -0.25) is 0 Å². The van der Waals surface area contributed by atoms with Crippen LogP contribution in [0.4, 0.5) is 5.69 Å². The van der Waals surface area contributed by atoms with Crippen LogP contribution >= 0.6 is 11.6 Å². The number of para-hydroxylation sites is 1. The van der Waals surface area contributed by atoms with E-state index in [1.54, 1.807) is 0 Å². The first kappa shape index (κ1) is 12.3. The van der Waals surface area contributed by atoms with Gasteiger partial charge in [0.1, 0.15) is 0 Å². The Morgan fingerprint density at radius 3 is 2.89 bits per heavy atom. The molecular formula is C15H21ClN2. The summed E-state index contributed by atoms with van der Waals surface area (Å²) in [6.07, 6.45) is 1.26. The summed E-state index contributed by atoms with van der Waals surface area (Å²) in [5.41, 5.74) is 1.63. The van der Waals surface area contributed by atoms with E-state index < -0.39 is 0 Å². The van der Waals surface area contributed by atoms with Crippen LogP contribution in [-0.2, 0) is 0 Å². The molecule has 0 bridgehead atoms. The van der Waals surface area contributed by atoms with Crippen molar-refractivity contribution in [2.45, 2.75) is 26.3 Å². The van der Waals surface area contributed by atoms with E-state index in [0.29, 0.717) is 11.5 Å². The fraction of sp³-hybridized carbons (Fsp3) is 0.600. The Morgan fingerprint density at radius 1 is 1.33 bits per heavy atom. The van der Waals surface area contributed by atoms with Gasteiger partial charge in [-0.25, -0.2) is 0 Å². The minimum absolute atomic E-state index is 0.442. The first-order valence-corrected chi connectivity index (χ1v) is 7.18. The smallest absolute Gasteiger partial charge is 0.0639 e. The summed E-state index contributed by atoms with van der Waals surface area (Å²) < 4.78 is 0. The number of nitrogens with zero attached hydrogens (tertiary/aromatic N) is 1. The summed E-state index contributed by atoms with van der Waals surface area (Å²) >= 11 is 6.29. The lowest BCUT2D eigenvalue weighted by molar-refractivity contribution is 0.227. The number of hydrogen-bond acceptors (Lipinski definition) is 2. The van der Waals surface area contributed by atoms with E-state index in [9.17, 15) is 0 Å². The fourth-order valence-electron chi connectivity index (χ4n) is 3.55. The molecular weight excluding hydrogens is 244 g/mol. The molecule has 0 spiro atoms. The van der Waals surface area contributed by atoms with Gasteiger partial charge >= 0.3 is 0 Å². The monoisotopic (exact) mass is 264 g/mol. The number of fused-ring (bicyclic) bond motifs is 1. The minimum Gasteiger partial charge on any atom is -0.369 e. The van der Waals surface area contributed by atoms with Gasteiger partial charge in [-0.15, -0.1) is 0 Å². The van der Waals surface area contributed by atoms with E-state index in [4.69, 9.17) is 11.6 Å². The highest BCUT2D eigenvalue weighted by Crippen LogP contribution is 2.40. The van der Waals surface area contributed by atoms with Crippen molar-refractivity contribution in [1.82, 2.24) is 5.32 Å². The predicted octanol–water partition coefficient (Wildman–Crippen LogP) is 3.16. The molecule has 2 aliphatic rings. The lowest BCUT2D eigenvalue weighted by atomic mass is 9.75. The first-order chi connectivity index (χ1) is 8.58.